The van der Waals surface area contributed by atoms with Crippen LogP contribution in [0.5, 0.6) is 0 Å². The van der Waals surface area contributed by atoms with Crippen molar-refractivity contribution in [2.75, 3.05) is 31.2 Å². The van der Waals surface area contributed by atoms with Gasteiger partial charge in [-0.2, -0.15) is 11.3 Å². The third-order valence-corrected chi connectivity index (χ3v) is 4.33. The molecule has 0 atom stereocenters. The molecular formula is C16H14N4O3S. The van der Waals surface area contributed by atoms with E-state index in [4.69, 9.17) is 9.47 Å². The number of hydrogen-bond acceptors (Lipinski definition) is 8. The Balaban J connectivity index is 1.53. The Morgan fingerprint density at radius 1 is 1.21 bits per heavy atom. The maximum absolute atomic E-state index is 11.9. The van der Waals surface area contributed by atoms with Crippen LogP contribution in [0.3, 0.4) is 0 Å². The van der Waals surface area contributed by atoms with Gasteiger partial charge in [0.2, 0.25) is 11.8 Å². The van der Waals surface area contributed by atoms with Gasteiger partial charge in [-0.25, -0.2) is 19.8 Å². The molecule has 1 saturated heterocycles. The minimum absolute atomic E-state index is 0.249. The number of cyclic esters (lactones) is 1. The van der Waals surface area contributed by atoms with Crippen molar-refractivity contribution in [1.82, 2.24) is 9.97 Å². The summed E-state index contributed by atoms with van der Waals surface area (Å²) in [5, 5.41) is 3.79. The molecule has 2 aromatic heterocycles. The van der Waals surface area contributed by atoms with Crippen molar-refractivity contribution >= 4 is 35.2 Å². The fourth-order valence-electron chi connectivity index (χ4n) is 2.41. The first-order valence-electron chi connectivity index (χ1n) is 7.49. The monoisotopic (exact) mass is 342 g/mol. The first-order valence-corrected chi connectivity index (χ1v) is 8.44. The zero-order valence-electron chi connectivity index (χ0n) is 12.7. The standard InChI is InChI=1S/C16H14N4O3S/c21-15-13(19-14(23-15)12-1-6-24-10-12)7-11-8-17-16(18-9-11)20-2-4-22-5-3-20/h1,6-10H,2-5H2/b13-7-. The SMILES string of the molecule is O=C1OC(c2ccsc2)=N/C1=C\c1cnc(N2CCOCC2)nc1. The third kappa shape index (κ3) is 3.06. The van der Waals surface area contributed by atoms with Crippen molar-refractivity contribution in [3.8, 4) is 0 Å². The van der Waals surface area contributed by atoms with Gasteiger partial charge >= 0.3 is 5.97 Å². The molecule has 4 heterocycles. The van der Waals surface area contributed by atoms with E-state index in [1.54, 1.807) is 18.5 Å². The van der Waals surface area contributed by atoms with E-state index in [0.29, 0.717) is 30.6 Å². The fourth-order valence-corrected chi connectivity index (χ4v) is 3.04. The summed E-state index contributed by atoms with van der Waals surface area (Å²) < 4.78 is 10.5. The van der Waals surface area contributed by atoms with Crippen LogP contribution in [0.25, 0.3) is 6.08 Å². The largest absolute Gasteiger partial charge is 0.402 e. The minimum Gasteiger partial charge on any atom is -0.402 e. The van der Waals surface area contributed by atoms with E-state index >= 15 is 0 Å². The number of ether oxygens (including phenoxy) is 2. The molecule has 1 fully saturated rings. The number of esters is 1. The third-order valence-electron chi connectivity index (χ3n) is 3.64. The molecule has 0 aromatic carbocycles. The lowest BCUT2D eigenvalue weighted by Crippen LogP contribution is -2.37. The van der Waals surface area contributed by atoms with Gasteiger partial charge in [0.05, 0.1) is 13.2 Å². The van der Waals surface area contributed by atoms with E-state index in [9.17, 15) is 4.79 Å². The molecule has 0 spiro atoms. The number of thiophene rings is 1. The number of hydrogen-bond donors (Lipinski definition) is 0. The number of carbonyl (C=O) groups excluding carboxylic acids is 1. The molecule has 0 bridgehead atoms. The molecule has 2 aromatic rings. The molecule has 4 rings (SSSR count). The zero-order valence-corrected chi connectivity index (χ0v) is 13.5. The average Bonchev–Trinajstić information content (AvgIpc) is 3.27. The predicted octanol–water partition coefficient (Wildman–Crippen LogP) is 1.72. The van der Waals surface area contributed by atoms with Crippen molar-refractivity contribution in [1.29, 1.82) is 0 Å². The van der Waals surface area contributed by atoms with E-state index in [2.05, 4.69) is 19.9 Å². The highest BCUT2D eigenvalue weighted by molar-refractivity contribution is 7.08. The highest BCUT2D eigenvalue weighted by Crippen LogP contribution is 2.20. The quantitative estimate of drug-likeness (QED) is 0.624. The number of aromatic nitrogens is 2. The maximum atomic E-state index is 11.9. The van der Waals surface area contributed by atoms with Crippen molar-refractivity contribution in [3.05, 3.63) is 46.0 Å². The number of carbonyl (C=O) groups is 1. The molecule has 0 saturated carbocycles. The second-order valence-corrected chi connectivity index (χ2v) is 6.04. The minimum atomic E-state index is -0.464. The fraction of sp³-hybridized carbons (Fsp3) is 0.250. The van der Waals surface area contributed by atoms with Crippen LogP contribution >= 0.6 is 11.3 Å². The van der Waals surface area contributed by atoms with Crippen LogP contribution in [0.4, 0.5) is 5.95 Å². The van der Waals surface area contributed by atoms with Crippen molar-refractivity contribution in [3.63, 3.8) is 0 Å². The molecule has 2 aliphatic heterocycles. The van der Waals surface area contributed by atoms with Crippen LogP contribution in [0.2, 0.25) is 0 Å². The van der Waals surface area contributed by atoms with Gasteiger partial charge in [-0.3, -0.25) is 0 Å². The Morgan fingerprint density at radius 2 is 2.00 bits per heavy atom. The zero-order chi connectivity index (χ0) is 16.4. The molecule has 0 aliphatic carbocycles. The Bertz CT molecular complexity index is 793. The van der Waals surface area contributed by atoms with Crippen molar-refractivity contribution < 1.29 is 14.3 Å². The Labute approximate surface area is 142 Å². The van der Waals surface area contributed by atoms with Crippen LogP contribution in [0.1, 0.15) is 11.1 Å². The molecule has 2 aliphatic rings. The number of anilines is 1. The second-order valence-electron chi connectivity index (χ2n) is 5.26. The Kier molecular flexibility index (Phi) is 4.06. The molecule has 7 nitrogen and oxygen atoms in total. The normalized spacial score (nSPS) is 19.5. The predicted molar refractivity (Wildman–Crippen MR) is 90.0 cm³/mol. The summed E-state index contributed by atoms with van der Waals surface area (Å²) in [7, 11) is 0. The van der Waals surface area contributed by atoms with E-state index in [1.165, 1.54) is 11.3 Å². The van der Waals surface area contributed by atoms with Gasteiger partial charge in [0.25, 0.3) is 0 Å². The summed E-state index contributed by atoms with van der Waals surface area (Å²) in [4.78, 5) is 27.0. The first kappa shape index (κ1) is 15.0. The van der Waals surface area contributed by atoms with Crippen LogP contribution in [-0.2, 0) is 14.3 Å². The van der Waals surface area contributed by atoms with Gasteiger partial charge in [-0.05, 0) is 17.5 Å². The topological polar surface area (TPSA) is 76.9 Å². The molecular weight excluding hydrogens is 328 g/mol. The van der Waals surface area contributed by atoms with Crippen LogP contribution in [0.15, 0.2) is 39.9 Å². The van der Waals surface area contributed by atoms with E-state index < -0.39 is 5.97 Å². The highest BCUT2D eigenvalue weighted by Gasteiger charge is 2.24. The van der Waals surface area contributed by atoms with Gasteiger partial charge in [0, 0.05) is 42.0 Å². The van der Waals surface area contributed by atoms with Gasteiger partial charge in [-0.1, -0.05) is 0 Å². The maximum Gasteiger partial charge on any atom is 0.363 e. The van der Waals surface area contributed by atoms with E-state index in [-0.39, 0.29) is 5.70 Å². The first-order chi connectivity index (χ1) is 11.8. The van der Waals surface area contributed by atoms with Gasteiger partial charge in [0.15, 0.2) is 5.70 Å². The average molecular weight is 342 g/mol. The molecule has 24 heavy (non-hydrogen) atoms. The molecule has 0 unspecified atom stereocenters. The van der Waals surface area contributed by atoms with Crippen molar-refractivity contribution in [2.45, 2.75) is 0 Å². The summed E-state index contributed by atoms with van der Waals surface area (Å²) in [6, 6.07) is 1.86. The van der Waals surface area contributed by atoms with Gasteiger partial charge in [0.1, 0.15) is 0 Å². The Hall–Kier alpha value is -2.58. The molecule has 0 N–H and O–H groups in total. The Morgan fingerprint density at radius 3 is 2.71 bits per heavy atom. The lowest BCUT2D eigenvalue weighted by molar-refractivity contribution is -0.129. The summed E-state index contributed by atoms with van der Waals surface area (Å²) in [6.07, 6.45) is 4.98. The lowest BCUT2D eigenvalue weighted by atomic mass is 10.3. The molecule has 0 amide bonds. The lowest BCUT2D eigenvalue weighted by Gasteiger charge is -2.26. The molecule has 8 heteroatoms. The molecule has 0 radical (unpaired) electrons. The summed E-state index contributed by atoms with van der Waals surface area (Å²) in [5.41, 5.74) is 1.75. The van der Waals surface area contributed by atoms with Gasteiger partial charge in [-0.15, -0.1) is 0 Å². The number of morpholine rings is 1. The van der Waals surface area contributed by atoms with Crippen LogP contribution < -0.4 is 4.90 Å². The summed E-state index contributed by atoms with van der Waals surface area (Å²) in [6.45, 7) is 2.92. The van der Waals surface area contributed by atoms with Crippen molar-refractivity contribution in [2.24, 2.45) is 4.99 Å². The van der Waals surface area contributed by atoms with Gasteiger partial charge < -0.3 is 14.4 Å². The van der Waals surface area contributed by atoms with Crippen LogP contribution in [-0.4, -0.2) is 48.1 Å². The number of nitrogens with zero attached hydrogens (tertiary/aromatic N) is 4. The second kappa shape index (κ2) is 6.50. The summed E-state index contributed by atoms with van der Waals surface area (Å²) >= 11 is 1.52. The molecule has 122 valence electrons. The van der Waals surface area contributed by atoms with Crippen LogP contribution in [0, 0.1) is 0 Å². The number of aliphatic imine (C=N–C) groups is 1. The highest BCUT2D eigenvalue weighted by atomic mass is 32.1. The van der Waals surface area contributed by atoms with E-state index in [1.807, 2.05) is 16.8 Å². The smallest absolute Gasteiger partial charge is 0.363 e. The van der Waals surface area contributed by atoms with E-state index in [0.717, 1.165) is 18.7 Å². The summed E-state index contributed by atoms with van der Waals surface area (Å²) in [5.74, 6) is 0.531. The number of rotatable bonds is 3.